The van der Waals surface area contributed by atoms with E-state index in [9.17, 15) is 4.39 Å². The van der Waals surface area contributed by atoms with Crippen LogP contribution in [0, 0.1) is 12.7 Å². The molecule has 0 atom stereocenters. The highest BCUT2D eigenvalue weighted by Crippen LogP contribution is 2.26. The molecule has 0 saturated heterocycles. The largest absolute Gasteiger partial charge is 0.431 e. The van der Waals surface area contributed by atoms with Gasteiger partial charge in [0.15, 0.2) is 0 Å². The first-order chi connectivity index (χ1) is 7.69. The minimum absolute atomic E-state index is 0.183. The number of benzene rings is 1. The molecule has 1 heterocycles. The van der Waals surface area contributed by atoms with Crippen molar-refractivity contribution in [1.82, 2.24) is 4.98 Å². The van der Waals surface area contributed by atoms with Crippen molar-refractivity contribution >= 4 is 11.3 Å². The lowest BCUT2D eigenvalue weighted by atomic mass is 10.2. The van der Waals surface area contributed by atoms with E-state index in [2.05, 4.69) is 4.98 Å². The van der Waals surface area contributed by atoms with Crippen molar-refractivity contribution in [2.24, 2.45) is 5.73 Å². The second kappa shape index (κ2) is 4.59. The molecule has 0 spiro atoms. The van der Waals surface area contributed by atoms with Crippen LogP contribution in [0.15, 0.2) is 23.6 Å². The van der Waals surface area contributed by atoms with Gasteiger partial charge in [0.1, 0.15) is 11.6 Å². The summed E-state index contributed by atoms with van der Waals surface area (Å²) in [6, 6.07) is 4.62. The molecule has 0 amide bonds. The number of rotatable bonds is 3. The molecule has 0 aliphatic rings. The molecule has 2 aromatic rings. The smallest absolute Gasteiger partial charge is 0.278 e. The van der Waals surface area contributed by atoms with Crippen LogP contribution in [-0.4, -0.2) is 4.98 Å². The van der Waals surface area contributed by atoms with Crippen molar-refractivity contribution < 1.29 is 9.13 Å². The Morgan fingerprint density at radius 3 is 2.88 bits per heavy atom. The van der Waals surface area contributed by atoms with Gasteiger partial charge >= 0.3 is 0 Å². The molecule has 16 heavy (non-hydrogen) atoms. The third-order valence-electron chi connectivity index (χ3n) is 2.05. The van der Waals surface area contributed by atoms with E-state index in [0.29, 0.717) is 16.5 Å². The van der Waals surface area contributed by atoms with Crippen LogP contribution in [0.3, 0.4) is 0 Å². The number of halogens is 1. The molecule has 2 rings (SSSR count). The highest BCUT2D eigenvalue weighted by Gasteiger charge is 2.05. The van der Waals surface area contributed by atoms with E-state index >= 15 is 0 Å². The monoisotopic (exact) mass is 238 g/mol. The molecule has 0 saturated carbocycles. The van der Waals surface area contributed by atoms with Gasteiger partial charge in [-0.25, -0.2) is 9.37 Å². The number of aromatic nitrogens is 1. The average Bonchev–Trinajstić information content (AvgIpc) is 2.64. The van der Waals surface area contributed by atoms with Crippen LogP contribution < -0.4 is 10.5 Å². The molecular weight excluding hydrogens is 227 g/mol. The third-order valence-corrected chi connectivity index (χ3v) is 2.88. The lowest BCUT2D eigenvalue weighted by molar-refractivity contribution is 0.471. The molecule has 3 nitrogen and oxygen atoms in total. The van der Waals surface area contributed by atoms with Gasteiger partial charge in [-0.1, -0.05) is 17.4 Å². The van der Waals surface area contributed by atoms with E-state index in [1.54, 1.807) is 12.1 Å². The maximum atomic E-state index is 13.4. The molecule has 1 aromatic carbocycles. The molecule has 0 fully saturated rings. The average molecular weight is 238 g/mol. The maximum absolute atomic E-state index is 13.4. The number of nitrogens with two attached hydrogens (primary N) is 1. The number of hydrogen-bond donors (Lipinski definition) is 1. The van der Waals surface area contributed by atoms with Crippen LogP contribution in [0.25, 0.3) is 0 Å². The highest BCUT2D eigenvalue weighted by molar-refractivity contribution is 7.11. The third kappa shape index (κ3) is 2.37. The summed E-state index contributed by atoms with van der Waals surface area (Å²) >= 11 is 1.38. The van der Waals surface area contributed by atoms with Crippen LogP contribution in [0.4, 0.5) is 4.39 Å². The first-order valence-electron chi connectivity index (χ1n) is 4.77. The Balaban J connectivity index is 2.19. The van der Waals surface area contributed by atoms with Gasteiger partial charge in [0, 0.05) is 23.6 Å². The van der Waals surface area contributed by atoms with E-state index in [-0.39, 0.29) is 12.4 Å². The Kier molecular flexibility index (Phi) is 3.17. The van der Waals surface area contributed by atoms with Gasteiger partial charge in [-0.15, -0.1) is 0 Å². The molecule has 0 aliphatic heterocycles. The van der Waals surface area contributed by atoms with Crippen molar-refractivity contribution in [1.29, 1.82) is 0 Å². The van der Waals surface area contributed by atoms with Gasteiger partial charge in [0.25, 0.3) is 5.19 Å². The number of ether oxygens (including phenoxy) is 1. The van der Waals surface area contributed by atoms with E-state index in [1.807, 2.05) is 12.3 Å². The maximum Gasteiger partial charge on any atom is 0.278 e. The summed E-state index contributed by atoms with van der Waals surface area (Å²) in [7, 11) is 0. The summed E-state index contributed by atoms with van der Waals surface area (Å²) in [6.07, 6.45) is 0. The van der Waals surface area contributed by atoms with Crippen LogP contribution in [0.2, 0.25) is 0 Å². The number of aryl methyl sites for hydroxylation is 1. The molecule has 0 unspecified atom stereocenters. The van der Waals surface area contributed by atoms with Crippen LogP contribution >= 0.6 is 11.3 Å². The molecule has 0 radical (unpaired) electrons. The van der Waals surface area contributed by atoms with Crippen molar-refractivity contribution in [2.45, 2.75) is 13.5 Å². The summed E-state index contributed by atoms with van der Waals surface area (Å²) in [6.45, 7) is 2.06. The van der Waals surface area contributed by atoms with Gasteiger partial charge in [-0.2, -0.15) is 0 Å². The van der Waals surface area contributed by atoms with Crippen molar-refractivity contribution in [3.8, 4) is 10.9 Å². The molecule has 0 bridgehead atoms. The predicted octanol–water partition coefficient (Wildman–Crippen LogP) is 2.84. The fraction of sp³-hybridized carbons (Fsp3) is 0.182. The van der Waals surface area contributed by atoms with Crippen molar-refractivity contribution in [2.75, 3.05) is 0 Å². The minimum Gasteiger partial charge on any atom is -0.431 e. The second-order valence-corrected chi connectivity index (χ2v) is 4.13. The van der Waals surface area contributed by atoms with Gasteiger partial charge in [0.05, 0.1) is 5.69 Å². The standard InChI is InChI=1S/C11H11FN2OS/c1-7-6-16-11(14-7)15-9-3-2-8(5-13)10(12)4-9/h2-4,6H,5,13H2,1H3. The zero-order valence-electron chi connectivity index (χ0n) is 8.74. The Morgan fingerprint density at radius 2 is 2.31 bits per heavy atom. The summed E-state index contributed by atoms with van der Waals surface area (Å²) in [4.78, 5) is 4.13. The highest BCUT2D eigenvalue weighted by atomic mass is 32.1. The topological polar surface area (TPSA) is 48.1 Å². The van der Waals surface area contributed by atoms with Gasteiger partial charge < -0.3 is 10.5 Å². The van der Waals surface area contributed by atoms with E-state index in [4.69, 9.17) is 10.5 Å². The lowest BCUT2D eigenvalue weighted by Gasteiger charge is -2.04. The molecule has 0 aliphatic carbocycles. The fourth-order valence-corrected chi connectivity index (χ4v) is 1.90. The number of nitrogens with zero attached hydrogens (tertiary/aromatic N) is 1. The van der Waals surface area contributed by atoms with Crippen LogP contribution in [0.1, 0.15) is 11.3 Å². The Bertz CT molecular complexity index is 498. The Labute approximate surface area is 96.7 Å². The van der Waals surface area contributed by atoms with Gasteiger partial charge in [0.2, 0.25) is 0 Å². The number of thiazole rings is 1. The second-order valence-electron chi connectivity index (χ2n) is 3.31. The first kappa shape index (κ1) is 11.0. The summed E-state index contributed by atoms with van der Waals surface area (Å²) < 4.78 is 18.8. The van der Waals surface area contributed by atoms with Gasteiger partial charge in [-0.3, -0.25) is 0 Å². The van der Waals surface area contributed by atoms with E-state index in [0.717, 1.165) is 5.69 Å². The Morgan fingerprint density at radius 1 is 1.50 bits per heavy atom. The summed E-state index contributed by atoms with van der Waals surface area (Å²) in [5.41, 5.74) is 6.73. The zero-order valence-corrected chi connectivity index (χ0v) is 9.55. The van der Waals surface area contributed by atoms with E-state index in [1.165, 1.54) is 17.4 Å². The lowest BCUT2D eigenvalue weighted by Crippen LogP contribution is -1.99. The minimum atomic E-state index is -0.353. The molecule has 84 valence electrons. The van der Waals surface area contributed by atoms with E-state index < -0.39 is 0 Å². The predicted molar refractivity (Wildman–Crippen MR) is 61.2 cm³/mol. The Hall–Kier alpha value is -1.46. The molecule has 2 N–H and O–H groups in total. The molecule has 1 aromatic heterocycles. The summed E-state index contributed by atoms with van der Waals surface area (Å²) in [5.74, 6) is 0.0809. The van der Waals surface area contributed by atoms with Gasteiger partial charge in [-0.05, 0) is 13.0 Å². The normalized spacial score (nSPS) is 10.4. The quantitative estimate of drug-likeness (QED) is 0.894. The van der Waals surface area contributed by atoms with Crippen LogP contribution in [0.5, 0.6) is 10.9 Å². The zero-order chi connectivity index (χ0) is 11.5. The van der Waals surface area contributed by atoms with Crippen molar-refractivity contribution in [3.05, 3.63) is 40.7 Å². The van der Waals surface area contributed by atoms with Crippen molar-refractivity contribution in [3.63, 3.8) is 0 Å². The molecular formula is C11H11FN2OS. The fourth-order valence-electron chi connectivity index (χ4n) is 1.24. The summed E-state index contributed by atoms with van der Waals surface area (Å²) in [5, 5.41) is 2.39. The van der Waals surface area contributed by atoms with Crippen LogP contribution in [-0.2, 0) is 6.54 Å². The SMILES string of the molecule is Cc1csc(Oc2ccc(CN)c(F)c2)n1. The molecule has 5 heteroatoms. The first-order valence-corrected chi connectivity index (χ1v) is 5.65. The number of hydrogen-bond acceptors (Lipinski definition) is 4.